The fourth-order valence-corrected chi connectivity index (χ4v) is 6.08. The Hall–Kier alpha value is -0.410. The van der Waals surface area contributed by atoms with Crippen molar-refractivity contribution in [3.05, 3.63) is 16.1 Å². The lowest BCUT2D eigenvalue weighted by molar-refractivity contribution is -0.00533. The van der Waals surface area contributed by atoms with Crippen molar-refractivity contribution < 1.29 is 0 Å². The third kappa shape index (κ3) is 1.52. The monoisotopic (exact) mass is 248 g/mol. The fourth-order valence-electron chi connectivity index (χ4n) is 5.02. The minimum absolute atomic E-state index is 0.465. The Morgan fingerprint density at radius 2 is 1.76 bits per heavy atom. The fraction of sp³-hybridized carbons (Fsp3) is 0.786. The second-order valence-corrected chi connectivity index (χ2v) is 7.40. The van der Waals surface area contributed by atoms with Crippen LogP contribution in [0.5, 0.6) is 0 Å². The van der Waals surface area contributed by atoms with Gasteiger partial charge in [-0.15, -0.1) is 11.3 Å². The summed E-state index contributed by atoms with van der Waals surface area (Å²) in [5.41, 5.74) is 7.26. The van der Waals surface area contributed by atoms with Crippen LogP contribution in [0.4, 0.5) is 0 Å². The number of hydrogen-bond donors (Lipinski definition) is 1. The van der Waals surface area contributed by atoms with Crippen molar-refractivity contribution in [2.75, 3.05) is 0 Å². The maximum absolute atomic E-state index is 5.70. The van der Waals surface area contributed by atoms with Gasteiger partial charge in [0.25, 0.3) is 0 Å². The molecule has 0 saturated heterocycles. The average molecular weight is 248 g/mol. The maximum Gasteiger partial charge on any atom is 0.0991 e. The maximum atomic E-state index is 5.70. The molecule has 0 aliphatic heterocycles. The van der Waals surface area contributed by atoms with E-state index in [9.17, 15) is 0 Å². The summed E-state index contributed by atoms with van der Waals surface area (Å²) in [4.78, 5) is 4.81. The minimum Gasteiger partial charge on any atom is -0.325 e. The first-order valence-corrected chi connectivity index (χ1v) is 7.80. The predicted octanol–water partition coefficient (Wildman–Crippen LogP) is 3.07. The number of thiazole rings is 1. The molecule has 0 spiro atoms. The quantitative estimate of drug-likeness (QED) is 0.873. The van der Waals surface area contributed by atoms with Crippen molar-refractivity contribution in [2.45, 2.75) is 50.5 Å². The highest BCUT2D eigenvalue weighted by molar-refractivity contribution is 7.09. The molecule has 2 N–H and O–H groups in total. The molecule has 1 aromatic rings. The molecule has 0 unspecified atom stereocenters. The molecule has 4 bridgehead atoms. The molecule has 17 heavy (non-hydrogen) atoms. The van der Waals surface area contributed by atoms with Gasteiger partial charge in [0.2, 0.25) is 0 Å². The van der Waals surface area contributed by atoms with Crippen LogP contribution in [0.15, 0.2) is 5.38 Å². The Bertz CT molecular complexity index is 402. The molecule has 4 saturated carbocycles. The normalized spacial score (nSPS) is 43.2. The van der Waals surface area contributed by atoms with Crippen LogP contribution in [-0.2, 0) is 12.0 Å². The second-order valence-electron chi connectivity index (χ2n) is 6.55. The van der Waals surface area contributed by atoms with E-state index >= 15 is 0 Å². The van der Waals surface area contributed by atoms with Crippen LogP contribution in [0.2, 0.25) is 0 Å². The molecule has 4 aliphatic carbocycles. The third-order valence-corrected chi connectivity index (χ3v) is 6.39. The van der Waals surface area contributed by atoms with Crippen molar-refractivity contribution in [3.8, 4) is 0 Å². The van der Waals surface area contributed by atoms with Gasteiger partial charge in [-0.2, -0.15) is 0 Å². The van der Waals surface area contributed by atoms with Gasteiger partial charge < -0.3 is 5.73 Å². The summed E-state index contributed by atoms with van der Waals surface area (Å²) in [7, 11) is 0. The summed E-state index contributed by atoms with van der Waals surface area (Å²) in [6, 6.07) is 0. The van der Waals surface area contributed by atoms with Crippen molar-refractivity contribution in [1.82, 2.24) is 4.98 Å². The van der Waals surface area contributed by atoms with Crippen LogP contribution in [0, 0.1) is 17.8 Å². The number of aromatic nitrogens is 1. The first-order chi connectivity index (χ1) is 8.27. The van der Waals surface area contributed by atoms with E-state index in [0.29, 0.717) is 12.0 Å². The van der Waals surface area contributed by atoms with Gasteiger partial charge in [0.15, 0.2) is 0 Å². The zero-order valence-corrected chi connectivity index (χ0v) is 11.0. The first-order valence-electron chi connectivity index (χ1n) is 6.92. The summed E-state index contributed by atoms with van der Waals surface area (Å²) in [6.45, 7) is 0.600. The van der Waals surface area contributed by atoms with Gasteiger partial charge in [-0.1, -0.05) is 0 Å². The molecule has 1 heterocycles. The van der Waals surface area contributed by atoms with E-state index in [1.165, 1.54) is 43.5 Å². The Morgan fingerprint density at radius 1 is 1.18 bits per heavy atom. The van der Waals surface area contributed by atoms with Gasteiger partial charge in [0.05, 0.1) is 10.7 Å². The number of hydrogen-bond acceptors (Lipinski definition) is 3. The molecule has 4 aliphatic rings. The van der Waals surface area contributed by atoms with Crippen molar-refractivity contribution in [2.24, 2.45) is 23.5 Å². The molecular formula is C14H20N2S. The summed E-state index contributed by atoms with van der Waals surface area (Å²) >= 11 is 1.87. The van der Waals surface area contributed by atoms with Gasteiger partial charge in [-0.05, 0) is 56.3 Å². The average Bonchev–Trinajstić information content (AvgIpc) is 2.76. The van der Waals surface area contributed by atoms with Gasteiger partial charge in [0.1, 0.15) is 0 Å². The summed E-state index contributed by atoms with van der Waals surface area (Å²) in [5.74, 6) is 3.02. The lowest BCUT2D eigenvalue weighted by Gasteiger charge is -2.56. The van der Waals surface area contributed by atoms with Gasteiger partial charge in [0, 0.05) is 17.3 Å². The number of rotatable bonds is 2. The molecule has 2 nitrogen and oxygen atoms in total. The molecular weight excluding hydrogens is 228 g/mol. The van der Waals surface area contributed by atoms with Crippen LogP contribution in [0.1, 0.15) is 49.2 Å². The first kappa shape index (κ1) is 10.5. The largest absolute Gasteiger partial charge is 0.325 e. The third-order valence-electron chi connectivity index (χ3n) is 5.25. The van der Waals surface area contributed by atoms with Crippen LogP contribution >= 0.6 is 11.3 Å². The summed E-state index contributed by atoms with van der Waals surface area (Å²) in [5, 5.41) is 3.59. The highest BCUT2D eigenvalue weighted by Gasteiger charge is 2.52. The van der Waals surface area contributed by atoms with Crippen molar-refractivity contribution >= 4 is 11.3 Å². The van der Waals surface area contributed by atoms with Gasteiger partial charge >= 0.3 is 0 Å². The molecule has 5 rings (SSSR count). The van der Waals surface area contributed by atoms with Crippen molar-refractivity contribution in [1.29, 1.82) is 0 Å². The van der Waals surface area contributed by atoms with E-state index in [2.05, 4.69) is 5.38 Å². The lowest BCUT2D eigenvalue weighted by atomic mass is 9.50. The van der Waals surface area contributed by atoms with E-state index in [0.717, 1.165) is 23.4 Å². The molecule has 0 aromatic carbocycles. The lowest BCUT2D eigenvalue weighted by Crippen LogP contribution is -2.48. The molecule has 4 fully saturated rings. The highest BCUT2D eigenvalue weighted by atomic mass is 32.1. The minimum atomic E-state index is 0.465. The van der Waals surface area contributed by atoms with E-state index in [-0.39, 0.29) is 0 Å². The van der Waals surface area contributed by atoms with Crippen LogP contribution < -0.4 is 5.73 Å². The second kappa shape index (κ2) is 3.55. The van der Waals surface area contributed by atoms with Crippen LogP contribution in [0.3, 0.4) is 0 Å². The molecule has 1 aromatic heterocycles. The summed E-state index contributed by atoms with van der Waals surface area (Å²) < 4.78 is 0. The summed E-state index contributed by atoms with van der Waals surface area (Å²) in [6.07, 6.45) is 8.76. The smallest absolute Gasteiger partial charge is 0.0991 e. The van der Waals surface area contributed by atoms with Gasteiger partial charge in [-0.3, -0.25) is 0 Å². The Labute approximate surface area is 107 Å². The highest BCUT2D eigenvalue weighted by Crippen LogP contribution is 2.60. The Morgan fingerprint density at radius 3 is 2.24 bits per heavy atom. The molecule has 0 atom stereocenters. The number of nitrogens with two attached hydrogens (primary N) is 1. The zero-order valence-electron chi connectivity index (χ0n) is 10.2. The van der Waals surface area contributed by atoms with E-state index < -0.39 is 0 Å². The Balaban J connectivity index is 1.72. The topological polar surface area (TPSA) is 38.9 Å². The van der Waals surface area contributed by atoms with Crippen LogP contribution in [-0.4, -0.2) is 4.98 Å². The molecule has 0 amide bonds. The van der Waals surface area contributed by atoms with Crippen LogP contribution in [0.25, 0.3) is 0 Å². The van der Waals surface area contributed by atoms with E-state index in [4.69, 9.17) is 10.7 Å². The SMILES string of the molecule is NCc1csc(C23CC4CC(CC(C4)C2)C3)n1. The Kier molecular flexibility index (Phi) is 2.19. The predicted molar refractivity (Wildman–Crippen MR) is 69.9 cm³/mol. The van der Waals surface area contributed by atoms with E-state index in [1.807, 2.05) is 11.3 Å². The molecule has 3 heteroatoms. The number of nitrogens with zero attached hydrogens (tertiary/aromatic N) is 1. The zero-order chi connectivity index (χ0) is 11.5. The van der Waals surface area contributed by atoms with Gasteiger partial charge in [-0.25, -0.2) is 4.98 Å². The molecule has 92 valence electrons. The standard InChI is InChI=1S/C14H20N2S/c15-7-12-8-17-13(16-12)14-4-9-1-10(5-14)3-11(2-9)6-14/h8-11H,1-7,15H2. The van der Waals surface area contributed by atoms with E-state index in [1.54, 1.807) is 0 Å². The molecule has 0 radical (unpaired) electrons. The van der Waals surface area contributed by atoms with Crippen molar-refractivity contribution in [3.63, 3.8) is 0 Å².